The van der Waals surface area contributed by atoms with Gasteiger partial charge in [0, 0.05) is 19.0 Å². The van der Waals surface area contributed by atoms with Gasteiger partial charge in [0.15, 0.2) is 0 Å². The molecule has 1 aliphatic heterocycles. The number of carbonyl (C=O) groups is 1. The summed E-state index contributed by atoms with van der Waals surface area (Å²) in [6, 6.07) is 7.58. The SMILES string of the molecule is COc1ccccc1NC(=O)C[C@@H](C)N[C@H]1CCCn2nc(C)nc21. The zero-order valence-electron chi connectivity index (χ0n) is 15.0. The van der Waals surface area contributed by atoms with Crippen LogP contribution in [0.4, 0.5) is 5.69 Å². The molecular weight excluding hydrogens is 318 g/mol. The van der Waals surface area contributed by atoms with E-state index in [1.807, 2.05) is 42.8 Å². The summed E-state index contributed by atoms with van der Waals surface area (Å²) in [6.45, 7) is 4.84. The topological polar surface area (TPSA) is 81.1 Å². The first-order valence-electron chi connectivity index (χ1n) is 8.67. The fourth-order valence-corrected chi connectivity index (χ4v) is 3.26. The minimum absolute atomic E-state index is 0.0308. The average molecular weight is 343 g/mol. The Hall–Kier alpha value is -2.41. The highest BCUT2D eigenvalue weighted by atomic mass is 16.5. The Morgan fingerprint density at radius 2 is 2.24 bits per heavy atom. The Morgan fingerprint density at radius 1 is 1.44 bits per heavy atom. The van der Waals surface area contributed by atoms with Crippen molar-refractivity contribution < 1.29 is 9.53 Å². The molecule has 2 aromatic rings. The van der Waals surface area contributed by atoms with Gasteiger partial charge in [-0.15, -0.1) is 0 Å². The van der Waals surface area contributed by atoms with E-state index in [1.54, 1.807) is 7.11 Å². The molecule has 0 radical (unpaired) electrons. The van der Waals surface area contributed by atoms with Crippen LogP contribution in [0.25, 0.3) is 0 Å². The number of hydrogen-bond donors (Lipinski definition) is 2. The third-order valence-electron chi connectivity index (χ3n) is 4.34. The first-order valence-corrected chi connectivity index (χ1v) is 8.67. The minimum Gasteiger partial charge on any atom is -0.495 e. The molecule has 0 unspecified atom stereocenters. The van der Waals surface area contributed by atoms with E-state index in [9.17, 15) is 4.79 Å². The van der Waals surface area contributed by atoms with Crippen LogP contribution in [-0.2, 0) is 11.3 Å². The molecule has 7 heteroatoms. The molecule has 0 bridgehead atoms. The molecule has 7 nitrogen and oxygen atoms in total. The van der Waals surface area contributed by atoms with Crippen LogP contribution in [0.3, 0.4) is 0 Å². The summed E-state index contributed by atoms with van der Waals surface area (Å²) < 4.78 is 7.24. The maximum Gasteiger partial charge on any atom is 0.226 e. The molecule has 1 aromatic heterocycles. The number of aryl methyl sites for hydroxylation is 2. The van der Waals surface area contributed by atoms with Gasteiger partial charge in [-0.3, -0.25) is 4.79 Å². The molecule has 1 aliphatic rings. The third kappa shape index (κ3) is 4.17. The lowest BCUT2D eigenvalue weighted by Crippen LogP contribution is -2.37. The number of nitrogens with zero attached hydrogens (tertiary/aromatic N) is 3. The fourth-order valence-electron chi connectivity index (χ4n) is 3.26. The first-order chi connectivity index (χ1) is 12.1. The highest BCUT2D eigenvalue weighted by Gasteiger charge is 2.25. The van der Waals surface area contributed by atoms with E-state index in [4.69, 9.17) is 4.74 Å². The molecule has 0 fully saturated rings. The predicted molar refractivity (Wildman–Crippen MR) is 95.6 cm³/mol. The van der Waals surface area contributed by atoms with Crippen molar-refractivity contribution in [3.05, 3.63) is 35.9 Å². The molecule has 0 saturated heterocycles. The van der Waals surface area contributed by atoms with Crippen LogP contribution in [0.5, 0.6) is 5.75 Å². The lowest BCUT2D eigenvalue weighted by molar-refractivity contribution is -0.116. The largest absolute Gasteiger partial charge is 0.495 e. The smallest absolute Gasteiger partial charge is 0.226 e. The summed E-state index contributed by atoms with van der Waals surface area (Å²) in [6.07, 6.45) is 2.45. The van der Waals surface area contributed by atoms with Gasteiger partial charge in [0.2, 0.25) is 5.91 Å². The molecule has 0 aliphatic carbocycles. The van der Waals surface area contributed by atoms with Crippen molar-refractivity contribution in [2.24, 2.45) is 0 Å². The van der Waals surface area contributed by atoms with Gasteiger partial charge in [-0.05, 0) is 38.8 Å². The minimum atomic E-state index is -0.0436. The van der Waals surface area contributed by atoms with Crippen molar-refractivity contribution >= 4 is 11.6 Å². The summed E-state index contributed by atoms with van der Waals surface area (Å²) in [4.78, 5) is 16.9. The Bertz CT molecular complexity index is 743. The molecule has 134 valence electrons. The van der Waals surface area contributed by atoms with Gasteiger partial charge in [-0.2, -0.15) is 5.10 Å². The van der Waals surface area contributed by atoms with Gasteiger partial charge in [-0.1, -0.05) is 12.1 Å². The average Bonchev–Trinajstić information content (AvgIpc) is 2.96. The zero-order chi connectivity index (χ0) is 17.8. The third-order valence-corrected chi connectivity index (χ3v) is 4.34. The van der Waals surface area contributed by atoms with E-state index < -0.39 is 0 Å². The van der Waals surface area contributed by atoms with Gasteiger partial charge in [0.1, 0.15) is 17.4 Å². The van der Waals surface area contributed by atoms with Gasteiger partial charge >= 0.3 is 0 Å². The van der Waals surface area contributed by atoms with E-state index in [0.29, 0.717) is 17.9 Å². The number of amides is 1. The summed E-state index contributed by atoms with van der Waals surface area (Å²) >= 11 is 0. The lowest BCUT2D eigenvalue weighted by atomic mass is 10.1. The molecule has 2 atom stereocenters. The van der Waals surface area contributed by atoms with Crippen molar-refractivity contribution in [1.29, 1.82) is 0 Å². The van der Waals surface area contributed by atoms with Gasteiger partial charge < -0.3 is 15.4 Å². The van der Waals surface area contributed by atoms with E-state index in [1.165, 1.54) is 0 Å². The predicted octanol–water partition coefficient (Wildman–Crippen LogP) is 2.44. The van der Waals surface area contributed by atoms with E-state index in [2.05, 4.69) is 20.7 Å². The number of methoxy groups -OCH3 is 1. The van der Waals surface area contributed by atoms with Crippen LogP contribution in [0.2, 0.25) is 0 Å². The van der Waals surface area contributed by atoms with Crippen molar-refractivity contribution in [3.8, 4) is 5.75 Å². The number of rotatable bonds is 6. The summed E-state index contributed by atoms with van der Waals surface area (Å²) in [7, 11) is 1.59. The van der Waals surface area contributed by atoms with Gasteiger partial charge in [0.25, 0.3) is 0 Å². The monoisotopic (exact) mass is 343 g/mol. The van der Waals surface area contributed by atoms with Crippen molar-refractivity contribution in [2.45, 2.75) is 51.7 Å². The molecule has 2 heterocycles. The second-order valence-corrected chi connectivity index (χ2v) is 6.46. The van der Waals surface area contributed by atoms with Crippen LogP contribution >= 0.6 is 0 Å². The highest BCUT2D eigenvalue weighted by molar-refractivity contribution is 5.92. The molecular formula is C18H25N5O2. The normalized spacial score (nSPS) is 17.6. The second-order valence-electron chi connectivity index (χ2n) is 6.46. The Balaban J connectivity index is 1.57. The number of carbonyl (C=O) groups excluding carboxylic acids is 1. The second kappa shape index (κ2) is 7.65. The molecule has 3 rings (SSSR count). The molecule has 0 spiro atoms. The number of nitrogens with one attached hydrogen (secondary N) is 2. The summed E-state index contributed by atoms with van der Waals surface area (Å²) in [5.74, 6) is 2.39. The fraction of sp³-hybridized carbons (Fsp3) is 0.500. The van der Waals surface area contributed by atoms with E-state index in [0.717, 1.165) is 31.0 Å². The van der Waals surface area contributed by atoms with Crippen LogP contribution in [-0.4, -0.2) is 33.8 Å². The van der Waals surface area contributed by atoms with Crippen LogP contribution in [0.15, 0.2) is 24.3 Å². The Morgan fingerprint density at radius 3 is 3.04 bits per heavy atom. The number of para-hydroxylation sites is 2. The quantitative estimate of drug-likeness (QED) is 0.842. The number of ether oxygens (including phenoxy) is 1. The molecule has 0 saturated carbocycles. The maximum atomic E-state index is 12.3. The number of benzene rings is 1. The van der Waals surface area contributed by atoms with Crippen molar-refractivity contribution in [2.75, 3.05) is 12.4 Å². The van der Waals surface area contributed by atoms with Crippen molar-refractivity contribution in [3.63, 3.8) is 0 Å². The summed E-state index contributed by atoms with van der Waals surface area (Å²) in [5, 5.41) is 10.9. The lowest BCUT2D eigenvalue weighted by Gasteiger charge is -2.26. The molecule has 1 amide bonds. The van der Waals surface area contributed by atoms with Gasteiger partial charge in [0.05, 0.1) is 18.8 Å². The number of fused-ring (bicyclic) bond motifs is 1. The van der Waals surface area contributed by atoms with Crippen LogP contribution in [0.1, 0.15) is 43.9 Å². The molecule has 2 N–H and O–H groups in total. The molecule has 1 aromatic carbocycles. The van der Waals surface area contributed by atoms with E-state index in [-0.39, 0.29) is 18.0 Å². The highest BCUT2D eigenvalue weighted by Crippen LogP contribution is 2.25. The number of hydrogen-bond acceptors (Lipinski definition) is 5. The number of aromatic nitrogens is 3. The van der Waals surface area contributed by atoms with E-state index >= 15 is 0 Å². The van der Waals surface area contributed by atoms with Crippen molar-refractivity contribution in [1.82, 2.24) is 20.1 Å². The summed E-state index contributed by atoms with van der Waals surface area (Å²) in [5.41, 5.74) is 0.690. The van der Waals surface area contributed by atoms with Gasteiger partial charge in [-0.25, -0.2) is 9.67 Å². The Kier molecular flexibility index (Phi) is 5.33. The first kappa shape index (κ1) is 17.4. The van der Waals surface area contributed by atoms with Crippen LogP contribution < -0.4 is 15.4 Å². The zero-order valence-corrected chi connectivity index (χ0v) is 15.0. The maximum absolute atomic E-state index is 12.3. The Labute approximate surface area is 147 Å². The molecule has 25 heavy (non-hydrogen) atoms. The standard InChI is InChI=1S/C18H25N5O2/c1-12(11-17(24)21-14-7-4-5-9-16(14)25-3)19-15-8-6-10-23-18(15)20-13(2)22-23/h4-5,7,9,12,15,19H,6,8,10-11H2,1-3H3,(H,21,24)/t12-,15+/m1/s1. The number of anilines is 1. The van der Waals surface area contributed by atoms with Crippen LogP contribution in [0, 0.1) is 6.92 Å².